The second kappa shape index (κ2) is 9.11. The third-order valence-electron chi connectivity index (χ3n) is 3.40. The van der Waals surface area contributed by atoms with Gasteiger partial charge in [0.2, 0.25) is 5.78 Å². The summed E-state index contributed by atoms with van der Waals surface area (Å²) in [5.74, 6) is -32.4. The molecular formula is C11H2F20O5S. The monoisotopic (exact) mass is 626 g/mol. The van der Waals surface area contributed by atoms with Crippen molar-refractivity contribution >= 4 is 15.6 Å². The van der Waals surface area contributed by atoms with E-state index in [0.717, 1.165) is 4.74 Å². The van der Waals surface area contributed by atoms with Crippen molar-refractivity contribution in [1.82, 2.24) is 0 Å². The van der Waals surface area contributed by atoms with E-state index in [0.29, 0.717) is 0 Å². The molecule has 0 aromatic rings. The second-order valence-corrected chi connectivity index (χ2v) is 8.10. The van der Waals surface area contributed by atoms with Crippen LogP contribution in [0, 0.1) is 0 Å². The molecule has 0 spiro atoms. The summed E-state index contributed by atoms with van der Waals surface area (Å²) in [5, 5.41) is 0. The first kappa shape index (κ1) is 35.1. The molecule has 0 rings (SSSR count). The Kier molecular flexibility index (Phi) is 8.66. The van der Waals surface area contributed by atoms with Crippen molar-refractivity contribution in [1.29, 1.82) is 0 Å². The van der Waals surface area contributed by atoms with Crippen LogP contribution in [-0.2, 0) is 24.1 Å². The highest BCUT2D eigenvalue weighted by Gasteiger charge is 2.85. The predicted octanol–water partition coefficient (Wildman–Crippen LogP) is 5.36. The molecule has 0 bridgehead atoms. The fraction of sp³-hybridized carbons (Fsp3) is 0.909. The van der Waals surface area contributed by atoms with Gasteiger partial charge in [0.05, 0.1) is 0 Å². The summed E-state index contributed by atoms with van der Waals surface area (Å²) in [6, 6.07) is 0. The lowest BCUT2D eigenvalue weighted by atomic mass is 10.2. The average Bonchev–Trinajstić information content (AvgIpc) is 2.56. The lowest BCUT2D eigenvalue weighted by Crippen LogP contribution is -2.68. The SMILES string of the molecule is O=C(CS(=O)(=O)C(F)(F)F)C(F)(OC(F)(F)C(F)(OC(F)(F)C(F)(F)C(F)(F)F)C(F)(F)F)C(F)(F)F. The molecule has 0 aromatic carbocycles. The number of carbonyl (C=O) groups is 1. The second-order valence-electron chi connectivity index (χ2n) is 6.12. The van der Waals surface area contributed by atoms with E-state index in [1.807, 2.05) is 0 Å². The summed E-state index contributed by atoms with van der Waals surface area (Å²) in [4.78, 5) is 11.1. The fourth-order valence-electron chi connectivity index (χ4n) is 1.55. The molecule has 0 heterocycles. The number of rotatable bonds is 9. The summed E-state index contributed by atoms with van der Waals surface area (Å²) < 4.78 is 279. The molecule has 2 atom stereocenters. The lowest BCUT2D eigenvalue weighted by Gasteiger charge is -2.40. The van der Waals surface area contributed by atoms with Crippen LogP contribution in [0.25, 0.3) is 0 Å². The van der Waals surface area contributed by atoms with Crippen molar-refractivity contribution in [2.75, 3.05) is 5.75 Å². The number of halogens is 20. The van der Waals surface area contributed by atoms with Gasteiger partial charge in [-0.15, -0.1) is 0 Å². The van der Waals surface area contributed by atoms with Crippen molar-refractivity contribution in [3.05, 3.63) is 0 Å². The summed E-state index contributed by atoms with van der Waals surface area (Å²) in [6.07, 6.45) is -40.2. The topological polar surface area (TPSA) is 69.7 Å². The van der Waals surface area contributed by atoms with Crippen LogP contribution in [0.5, 0.6) is 0 Å². The predicted molar refractivity (Wildman–Crippen MR) is 67.7 cm³/mol. The molecule has 26 heteroatoms. The first-order valence-electron chi connectivity index (χ1n) is 7.48. The van der Waals surface area contributed by atoms with E-state index in [9.17, 15) is 101 Å². The van der Waals surface area contributed by atoms with Crippen molar-refractivity contribution in [3.8, 4) is 0 Å². The Morgan fingerprint density at radius 2 is 0.919 bits per heavy atom. The van der Waals surface area contributed by atoms with Crippen molar-refractivity contribution in [2.45, 2.75) is 53.9 Å². The van der Waals surface area contributed by atoms with Crippen molar-refractivity contribution in [3.63, 3.8) is 0 Å². The van der Waals surface area contributed by atoms with Crippen LogP contribution < -0.4 is 0 Å². The van der Waals surface area contributed by atoms with E-state index in [4.69, 9.17) is 0 Å². The number of carbonyl (C=O) groups excluding carboxylic acids is 1. The molecule has 222 valence electrons. The molecule has 37 heavy (non-hydrogen) atoms. The van der Waals surface area contributed by atoms with Gasteiger partial charge in [-0.2, -0.15) is 87.8 Å². The number of hydrogen-bond donors (Lipinski definition) is 0. The quantitative estimate of drug-likeness (QED) is 0.323. The highest BCUT2D eigenvalue weighted by Crippen LogP contribution is 2.56. The smallest absolute Gasteiger partial charge is 0.292 e. The van der Waals surface area contributed by atoms with E-state index < -0.39 is 75.3 Å². The molecule has 0 radical (unpaired) electrons. The molecular weight excluding hydrogens is 624 g/mol. The number of sulfone groups is 1. The zero-order valence-electron chi connectivity index (χ0n) is 15.7. The van der Waals surface area contributed by atoms with Crippen LogP contribution >= 0.6 is 0 Å². The van der Waals surface area contributed by atoms with E-state index in [-0.39, 0.29) is 0 Å². The number of ether oxygens (including phenoxy) is 2. The van der Waals surface area contributed by atoms with E-state index in [1.54, 1.807) is 0 Å². The molecule has 0 amide bonds. The number of ketones is 1. The lowest BCUT2D eigenvalue weighted by molar-refractivity contribution is -0.548. The van der Waals surface area contributed by atoms with Gasteiger partial charge in [0, 0.05) is 0 Å². The molecule has 0 fully saturated rings. The summed E-state index contributed by atoms with van der Waals surface area (Å²) in [5.41, 5.74) is -6.80. The molecule has 2 unspecified atom stereocenters. The van der Waals surface area contributed by atoms with Crippen molar-refractivity contribution < 1.29 is 110 Å². The Morgan fingerprint density at radius 1 is 0.541 bits per heavy atom. The Morgan fingerprint density at radius 3 is 1.19 bits per heavy atom. The first-order valence-corrected chi connectivity index (χ1v) is 9.13. The minimum Gasteiger partial charge on any atom is -0.292 e. The molecule has 0 aliphatic rings. The summed E-state index contributed by atoms with van der Waals surface area (Å²) >= 11 is 0. The van der Waals surface area contributed by atoms with E-state index in [2.05, 4.69) is 0 Å². The van der Waals surface area contributed by atoms with Gasteiger partial charge >= 0.3 is 53.9 Å². The van der Waals surface area contributed by atoms with E-state index >= 15 is 0 Å². The Hall–Kier alpha value is -1.86. The van der Waals surface area contributed by atoms with Crippen LogP contribution in [0.4, 0.5) is 87.8 Å². The van der Waals surface area contributed by atoms with Gasteiger partial charge in [0.15, 0.2) is 0 Å². The average molecular weight is 626 g/mol. The maximum atomic E-state index is 14.0. The molecule has 0 aromatic heterocycles. The summed E-state index contributed by atoms with van der Waals surface area (Å²) in [7, 11) is -7.33. The maximum Gasteiger partial charge on any atom is 0.497 e. The van der Waals surface area contributed by atoms with Crippen LogP contribution in [0.15, 0.2) is 0 Å². The van der Waals surface area contributed by atoms with Crippen molar-refractivity contribution in [2.24, 2.45) is 0 Å². The number of hydrogen-bond acceptors (Lipinski definition) is 5. The molecule has 0 saturated carbocycles. The Bertz CT molecular complexity index is 957. The first-order chi connectivity index (χ1) is 15.5. The molecule has 0 N–H and O–H groups in total. The molecule has 0 aliphatic carbocycles. The minimum absolute atomic E-state index is 1.13. The highest BCUT2D eigenvalue weighted by molar-refractivity contribution is 7.92. The van der Waals surface area contributed by atoms with Gasteiger partial charge in [-0.05, 0) is 0 Å². The molecule has 5 nitrogen and oxygen atoms in total. The van der Waals surface area contributed by atoms with Crippen LogP contribution in [0.2, 0.25) is 0 Å². The Balaban J connectivity index is 6.94. The maximum absolute atomic E-state index is 14.0. The number of alkyl halides is 20. The zero-order valence-corrected chi connectivity index (χ0v) is 16.5. The van der Waals surface area contributed by atoms with Crippen LogP contribution in [0.1, 0.15) is 0 Å². The van der Waals surface area contributed by atoms with Gasteiger partial charge in [-0.3, -0.25) is 14.3 Å². The minimum atomic E-state index is -8.38. The molecule has 0 aliphatic heterocycles. The fourth-order valence-corrected chi connectivity index (χ4v) is 2.24. The third-order valence-corrected chi connectivity index (χ3v) is 4.74. The standard InChI is InChI=1S/C11H2F20O5S/c12-3(6(16,17)18,2(32)1-37(33,34)11(29,30)31)35-10(27,28)5(15,8(22,23)24)36-9(25,26)4(13,14)7(19,20)21/h1H2. The number of Topliss-reactive ketones (excluding diaryl/α,β-unsaturated/α-hetero) is 1. The van der Waals surface area contributed by atoms with Gasteiger partial charge in [0.25, 0.3) is 9.84 Å². The van der Waals surface area contributed by atoms with Crippen LogP contribution in [0.3, 0.4) is 0 Å². The Labute approximate surface area is 187 Å². The third kappa shape index (κ3) is 6.25. The van der Waals surface area contributed by atoms with Gasteiger partial charge < -0.3 is 0 Å². The molecule has 0 saturated heterocycles. The summed E-state index contributed by atoms with van der Waals surface area (Å²) in [6.45, 7) is 0. The van der Waals surface area contributed by atoms with Crippen LogP contribution in [-0.4, -0.2) is 73.8 Å². The normalized spacial score (nSPS) is 18.8. The van der Waals surface area contributed by atoms with E-state index in [1.165, 1.54) is 4.74 Å². The van der Waals surface area contributed by atoms with Gasteiger partial charge in [-0.25, -0.2) is 8.42 Å². The zero-order chi connectivity index (χ0) is 30.7. The largest absolute Gasteiger partial charge is 0.497 e. The highest BCUT2D eigenvalue weighted by atomic mass is 32.2. The van der Waals surface area contributed by atoms with Gasteiger partial charge in [0.1, 0.15) is 5.75 Å². The van der Waals surface area contributed by atoms with Gasteiger partial charge in [-0.1, -0.05) is 0 Å².